The summed E-state index contributed by atoms with van der Waals surface area (Å²) < 4.78 is 27.3. The standard InChI is InChI=1S/C20H21N3O4S2/c1-13-10-14(2)23-20(25)18(13)12-21-19(24)15-5-7-17(8-6-15)29(26,27)22-11-16-4-3-9-28-16/h3-10,22H,11-12H2,1-2H3,(H,21,24)(H,23,25). The van der Waals surface area contributed by atoms with E-state index in [0.717, 1.165) is 16.1 Å². The van der Waals surface area contributed by atoms with Crippen LogP contribution in [0, 0.1) is 13.8 Å². The molecule has 0 unspecified atom stereocenters. The van der Waals surface area contributed by atoms with E-state index in [9.17, 15) is 18.0 Å². The van der Waals surface area contributed by atoms with Gasteiger partial charge in [0.25, 0.3) is 11.5 Å². The maximum atomic E-state index is 12.4. The molecule has 3 aromatic rings. The average molecular weight is 432 g/mol. The van der Waals surface area contributed by atoms with Crippen LogP contribution in [-0.2, 0) is 23.1 Å². The largest absolute Gasteiger partial charge is 0.348 e. The Labute approximate surface area is 172 Å². The predicted molar refractivity (Wildman–Crippen MR) is 112 cm³/mol. The van der Waals surface area contributed by atoms with Gasteiger partial charge in [0, 0.05) is 34.8 Å². The number of rotatable bonds is 7. The summed E-state index contributed by atoms with van der Waals surface area (Å²) in [7, 11) is -3.67. The third kappa shape index (κ3) is 5.20. The summed E-state index contributed by atoms with van der Waals surface area (Å²) in [6.45, 7) is 3.91. The highest BCUT2D eigenvalue weighted by molar-refractivity contribution is 7.89. The van der Waals surface area contributed by atoms with Crippen molar-refractivity contribution in [2.45, 2.75) is 31.8 Å². The summed E-state index contributed by atoms with van der Waals surface area (Å²) in [6, 6.07) is 11.2. The number of aromatic amines is 1. The topological polar surface area (TPSA) is 108 Å². The second-order valence-corrected chi connectivity index (χ2v) is 9.35. The average Bonchev–Trinajstić information content (AvgIpc) is 3.19. The first kappa shape index (κ1) is 21.0. The Hall–Kier alpha value is -2.75. The minimum Gasteiger partial charge on any atom is -0.348 e. The lowest BCUT2D eigenvalue weighted by molar-refractivity contribution is 0.0950. The summed E-state index contributed by atoms with van der Waals surface area (Å²) in [5.41, 5.74) is 2.11. The van der Waals surface area contributed by atoms with Crippen molar-refractivity contribution in [1.29, 1.82) is 0 Å². The number of nitrogens with one attached hydrogen (secondary N) is 3. The zero-order valence-corrected chi connectivity index (χ0v) is 17.6. The quantitative estimate of drug-likeness (QED) is 0.534. The molecule has 2 heterocycles. The number of aromatic nitrogens is 1. The number of hydrogen-bond acceptors (Lipinski definition) is 5. The van der Waals surface area contributed by atoms with E-state index in [1.807, 2.05) is 30.5 Å². The molecule has 152 valence electrons. The summed E-state index contributed by atoms with van der Waals surface area (Å²) in [4.78, 5) is 28.1. The number of H-pyrrole nitrogens is 1. The van der Waals surface area contributed by atoms with Gasteiger partial charge in [0.2, 0.25) is 10.0 Å². The molecule has 0 radical (unpaired) electrons. The molecule has 7 nitrogen and oxygen atoms in total. The van der Waals surface area contributed by atoms with Crippen LogP contribution in [0.15, 0.2) is 57.5 Å². The number of pyridine rings is 1. The molecule has 0 bridgehead atoms. The summed E-state index contributed by atoms with van der Waals surface area (Å²) >= 11 is 1.47. The van der Waals surface area contributed by atoms with Crippen LogP contribution in [0.1, 0.15) is 32.1 Å². The van der Waals surface area contributed by atoms with Crippen molar-refractivity contribution >= 4 is 27.3 Å². The van der Waals surface area contributed by atoms with Crippen molar-refractivity contribution < 1.29 is 13.2 Å². The maximum Gasteiger partial charge on any atom is 0.253 e. The second-order valence-electron chi connectivity index (χ2n) is 6.55. The molecular weight excluding hydrogens is 410 g/mol. The summed E-state index contributed by atoms with van der Waals surface area (Å²) in [5, 5.41) is 4.57. The molecule has 29 heavy (non-hydrogen) atoms. The number of hydrogen-bond donors (Lipinski definition) is 3. The molecule has 0 aliphatic rings. The number of aryl methyl sites for hydroxylation is 2. The second kappa shape index (κ2) is 8.73. The van der Waals surface area contributed by atoms with Gasteiger partial charge in [0.15, 0.2) is 0 Å². The van der Waals surface area contributed by atoms with Crippen LogP contribution in [0.4, 0.5) is 0 Å². The van der Waals surface area contributed by atoms with E-state index in [0.29, 0.717) is 11.1 Å². The SMILES string of the molecule is Cc1cc(C)c(CNC(=O)c2ccc(S(=O)(=O)NCc3cccs3)cc2)c(=O)[nH]1. The van der Waals surface area contributed by atoms with Gasteiger partial charge in [-0.15, -0.1) is 11.3 Å². The molecule has 3 rings (SSSR count). The lowest BCUT2D eigenvalue weighted by Crippen LogP contribution is -2.28. The van der Waals surface area contributed by atoms with E-state index < -0.39 is 10.0 Å². The monoisotopic (exact) mass is 431 g/mol. The van der Waals surface area contributed by atoms with Crippen LogP contribution >= 0.6 is 11.3 Å². The number of sulfonamides is 1. The molecule has 0 saturated carbocycles. The van der Waals surface area contributed by atoms with Gasteiger partial charge in [0.1, 0.15) is 0 Å². The number of carbonyl (C=O) groups is 1. The molecule has 0 fully saturated rings. The number of amides is 1. The normalized spacial score (nSPS) is 11.4. The molecule has 1 amide bonds. The van der Waals surface area contributed by atoms with Crippen molar-refractivity contribution in [3.63, 3.8) is 0 Å². The minimum atomic E-state index is -3.67. The van der Waals surface area contributed by atoms with Crippen molar-refractivity contribution in [1.82, 2.24) is 15.0 Å². The van der Waals surface area contributed by atoms with Gasteiger partial charge >= 0.3 is 0 Å². The van der Waals surface area contributed by atoms with E-state index in [4.69, 9.17) is 0 Å². The molecule has 0 aliphatic heterocycles. The smallest absolute Gasteiger partial charge is 0.253 e. The number of carbonyl (C=O) groups excluding carboxylic acids is 1. The van der Waals surface area contributed by atoms with Crippen LogP contribution in [0.3, 0.4) is 0 Å². The Balaban J connectivity index is 1.65. The Morgan fingerprint density at radius 1 is 1.10 bits per heavy atom. The van der Waals surface area contributed by atoms with Crippen LogP contribution in [0.2, 0.25) is 0 Å². The van der Waals surface area contributed by atoms with E-state index in [1.54, 1.807) is 6.92 Å². The highest BCUT2D eigenvalue weighted by Gasteiger charge is 2.15. The van der Waals surface area contributed by atoms with Gasteiger partial charge in [0.05, 0.1) is 4.90 Å². The van der Waals surface area contributed by atoms with Gasteiger partial charge in [-0.1, -0.05) is 6.07 Å². The Bertz CT molecular complexity index is 1170. The van der Waals surface area contributed by atoms with Crippen LogP contribution < -0.4 is 15.6 Å². The molecule has 2 aromatic heterocycles. The van der Waals surface area contributed by atoms with E-state index >= 15 is 0 Å². The molecule has 0 spiro atoms. The van der Waals surface area contributed by atoms with Gasteiger partial charge in [-0.3, -0.25) is 9.59 Å². The van der Waals surface area contributed by atoms with Gasteiger partial charge in [-0.2, -0.15) is 0 Å². The van der Waals surface area contributed by atoms with Crippen molar-refractivity contribution in [2.24, 2.45) is 0 Å². The lowest BCUT2D eigenvalue weighted by Gasteiger charge is -2.09. The zero-order chi connectivity index (χ0) is 21.0. The molecule has 0 aliphatic carbocycles. The first-order chi connectivity index (χ1) is 13.8. The summed E-state index contributed by atoms with van der Waals surface area (Å²) in [6.07, 6.45) is 0. The van der Waals surface area contributed by atoms with Crippen LogP contribution in [0.25, 0.3) is 0 Å². The molecule has 0 atom stereocenters. The summed E-state index contributed by atoms with van der Waals surface area (Å²) in [5.74, 6) is -0.389. The molecular formula is C20H21N3O4S2. The highest BCUT2D eigenvalue weighted by Crippen LogP contribution is 2.13. The van der Waals surface area contributed by atoms with Crippen molar-refractivity contribution in [3.8, 4) is 0 Å². The Morgan fingerprint density at radius 2 is 1.83 bits per heavy atom. The fourth-order valence-corrected chi connectivity index (χ4v) is 4.56. The highest BCUT2D eigenvalue weighted by atomic mass is 32.2. The zero-order valence-electron chi connectivity index (χ0n) is 16.0. The van der Waals surface area contributed by atoms with Crippen LogP contribution in [0.5, 0.6) is 0 Å². The molecule has 0 saturated heterocycles. The van der Waals surface area contributed by atoms with Gasteiger partial charge in [-0.25, -0.2) is 13.1 Å². The first-order valence-corrected chi connectivity index (χ1v) is 11.2. The van der Waals surface area contributed by atoms with Crippen LogP contribution in [-0.4, -0.2) is 19.3 Å². The third-order valence-electron chi connectivity index (χ3n) is 4.36. The molecule has 3 N–H and O–H groups in total. The van der Waals surface area contributed by atoms with E-state index in [1.165, 1.54) is 35.6 Å². The Kier molecular flexibility index (Phi) is 6.31. The third-order valence-corrected chi connectivity index (χ3v) is 6.66. The van der Waals surface area contributed by atoms with E-state index in [-0.39, 0.29) is 29.5 Å². The maximum absolute atomic E-state index is 12.4. The Morgan fingerprint density at radius 3 is 2.45 bits per heavy atom. The minimum absolute atomic E-state index is 0.0800. The fraction of sp³-hybridized carbons (Fsp3) is 0.200. The number of thiophene rings is 1. The number of benzene rings is 1. The van der Waals surface area contributed by atoms with Crippen molar-refractivity contribution in [2.75, 3.05) is 0 Å². The predicted octanol–water partition coefficient (Wildman–Crippen LogP) is 2.46. The van der Waals surface area contributed by atoms with Gasteiger partial charge in [-0.05, 0) is 61.2 Å². The fourth-order valence-electron chi connectivity index (χ4n) is 2.82. The molecule has 9 heteroatoms. The van der Waals surface area contributed by atoms with E-state index in [2.05, 4.69) is 15.0 Å². The van der Waals surface area contributed by atoms with Gasteiger partial charge < -0.3 is 10.3 Å². The van der Waals surface area contributed by atoms with Crippen molar-refractivity contribution in [3.05, 3.63) is 85.5 Å². The molecule has 1 aromatic carbocycles. The first-order valence-electron chi connectivity index (χ1n) is 8.86. The lowest BCUT2D eigenvalue weighted by atomic mass is 10.1.